The molecule has 1 aromatic heterocycles. The predicted molar refractivity (Wildman–Crippen MR) is 127 cm³/mol. The molecule has 7 nitrogen and oxygen atoms in total. The fourth-order valence-electron chi connectivity index (χ4n) is 4.26. The minimum Gasteiger partial charge on any atom is -0.478 e. The van der Waals surface area contributed by atoms with E-state index < -0.39 is 41.0 Å². The Balaban J connectivity index is 1.72. The van der Waals surface area contributed by atoms with Gasteiger partial charge in [-0.25, -0.2) is 18.4 Å². The predicted octanol–water partition coefficient (Wildman–Crippen LogP) is 5.23. The number of amides is 1. The van der Waals surface area contributed by atoms with Crippen LogP contribution in [0.3, 0.4) is 0 Å². The van der Waals surface area contributed by atoms with E-state index in [0.29, 0.717) is 13.2 Å². The number of nitrogens with zero attached hydrogens (tertiary/aromatic N) is 2. The Bertz CT molecular complexity index is 1270. The normalized spacial score (nSPS) is 16.5. The Labute approximate surface area is 201 Å². The van der Waals surface area contributed by atoms with Crippen LogP contribution in [0.5, 0.6) is 0 Å². The number of carboxylic acids is 1. The van der Waals surface area contributed by atoms with Gasteiger partial charge in [0, 0.05) is 17.4 Å². The van der Waals surface area contributed by atoms with Crippen molar-refractivity contribution >= 4 is 23.0 Å². The molecule has 9 heteroatoms. The summed E-state index contributed by atoms with van der Waals surface area (Å²) in [5.41, 5.74) is 0.562. The molecule has 35 heavy (non-hydrogen) atoms. The Kier molecular flexibility index (Phi) is 6.55. The van der Waals surface area contributed by atoms with Gasteiger partial charge in [0.15, 0.2) is 0 Å². The highest BCUT2D eigenvalue weighted by Gasteiger charge is 2.30. The average Bonchev–Trinajstić information content (AvgIpc) is 3.09. The van der Waals surface area contributed by atoms with Crippen molar-refractivity contribution in [2.45, 2.75) is 45.9 Å². The van der Waals surface area contributed by atoms with Crippen molar-refractivity contribution in [3.8, 4) is 11.3 Å². The molecule has 1 N–H and O–H groups in total. The number of aromatic carboxylic acids is 1. The molecule has 1 aliphatic rings. The van der Waals surface area contributed by atoms with Crippen molar-refractivity contribution in [2.75, 3.05) is 19.7 Å². The van der Waals surface area contributed by atoms with Crippen LogP contribution in [0, 0.1) is 18.6 Å². The summed E-state index contributed by atoms with van der Waals surface area (Å²) in [6.45, 7) is 8.45. The van der Waals surface area contributed by atoms with Crippen LogP contribution in [0.15, 0.2) is 36.4 Å². The van der Waals surface area contributed by atoms with Gasteiger partial charge in [-0.15, -0.1) is 0 Å². The van der Waals surface area contributed by atoms with Gasteiger partial charge in [0.25, 0.3) is 0 Å². The zero-order valence-electron chi connectivity index (χ0n) is 20.1. The minimum atomic E-state index is -1.41. The standard InChI is InChI=1S/C26H28F2N2O5/c1-15-5-6-21-16(9-15)12-22(23-19(27)10-17(24(31)32)11-20(23)28)30(21)14-18-13-29(7-8-34-18)25(33)35-26(2,3)4/h5-6,9-12,18H,7-8,13-14H2,1-4H3,(H,31,32)/t18-/m1/s1. The van der Waals surface area contributed by atoms with Crippen molar-refractivity contribution in [3.05, 3.63) is 59.2 Å². The second kappa shape index (κ2) is 9.30. The summed E-state index contributed by atoms with van der Waals surface area (Å²) in [5.74, 6) is -3.35. The second-order valence-electron chi connectivity index (χ2n) is 9.74. The highest BCUT2D eigenvalue weighted by Crippen LogP contribution is 2.34. The number of hydrogen-bond acceptors (Lipinski definition) is 4. The first-order valence-corrected chi connectivity index (χ1v) is 11.3. The van der Waals surface area contributed by atoms with E-state index in [4.69, 9.17) is 14.6 Å². The van der Waals surface area contributed by atoms with Crippen LogP contribution in [0.2, 0.25) is 0 Å². The summed E-state index contributed by atoms with van der Waals surface area (Å²) in [5, 5.41) is 9.93. The molecule has 2 aromatic carbocycles. The molecule has 1 atom stereocenters. The fourth-order valence-corrected chi connectivity index (χ4v) is 4.26. The quantitative estimate of drug-likeness (QED) is 0.546. The second-order valence-corrected chi connectivity index (χ2v) is 9.74. The maximum atomic E-state index is 15.0. The number of carbonyl (C=O) groups is 2. The number of fused-ring (bicyclic) bond motifs is 1. The smallest absolute Gasteiger partial charge is 0.410 e. The number of rotatable bonds is 4. The van der Waals surface area contributed by atoms with E-state index in [1.807, 2.05) is 25.1 Å². The lowest BCUT2D eigenvalue weighted by molar-refractivity contribution is -0.0467. The van der Waals surface area contributed by atoms with Crippen molar-refractivity contribution in [2.24, 2.45) is 0 Å². The van der Waals surface area contributed by atoms with Crippen LogP contribution in [-0.2, 0) is 16.0 Å². The number of ether oxygens (including phenoxy) is 2. The van der Waals surface area contributed by atoms with E-state index in [1.54, 1.807) is 36.3 Å². The molecule has 0 aliphatic carbocycles. The number of halogens is 2. The minimum absolute atomic E-state index is 0.223. The molecule has 2 heterocycles. The van der Waals surface area contributed by atoms with Gasteiger partial charge in [0.1, 0.15) is 17.2 Å². The first kappa shape index (κ1) is 24.7. The first-order chi connectivity index (χ1) is 16.4. The number of aromatic nitrogens is 1. The SMILES string of the molecule is Cc1ccc2c(c1)cc(-c1c(F)cc(C(=O)O)cc1F)n2C[C@H]1CN(C(=O)OC(C)(C)C)CCO1. The molecule has 1 aliphatic heterocycles. The van der Waals surface area contributed by atoms with Crippen LogP contribution in [0.1, 0.15) is 36.7 Å². The molecule has 1 saturated heterocycles. The van der Waals surface area contributed by atoms with Crippen LogP contribution in [0.4, 0.5) is 13.6 Å². The molecular weight excluding hydrogens is 458 g/mol. The van der Waals surface area contributed by atoms with E-state index in [9.17, 15) is 9.59 Å². The van der Waals surface area contributed by atoms with E-state index in [2.05, 4.69) is 0 Å². The maximum absolute atomic E-state index is 15.0. The van der Waals surface area contributed by atoms with Gasteiger partial charge >= 0.3 is 12.1 Å². The Morgan fingerprint density at radius 1 is 1.14 bits per heavy atom. The lowest BCUT2D eigenvalue weighted by Gasteiger charge is -2.34. The van der Waals surface area contributed by atoms with Crippen molar-refractivity contribution in [3.63, 3.8) is 0 Å². The molecule has 0 saturated carbocycles. The van der Waals surface area contributed by atoms with E-state index >= 15 is 8.78 Å². The molecule has 0 spiro atoms. The maximum Gasteiger partial charge on any atom is 0.410 e. The van der Waals surface area contributed by atoms with Gasteiger partial charge in [0.2, 0.25) is 0 Å². The number of carboxylic acid groups (broad SMARTS) is 1. The summed E-state index contributed by atoms with van der Waals surface area (Å²) in [6, 6.07) is 8.98. The monoisotopic (exact) mass is 486 g/mol. The number of morpholine rings is 1. The summed E-state index contributed by atoms with van der Waals surface area (Å²) < 4.78 is 43.2. The van der Waals surface area contributed by atoms with Gasteiger partial charge in [0.05, 0.1) is 42.6 Å². The third kappa shape index (κ3) is 5.30. The zero-order chi connectivity index (χ0) is 25.5. The highest BCUT2D eigenvalue weighted by atomic mass is 19.1. The van der Waals surface area contributed by atoms with Crippen LogP contribution in [-0.4, -0.2) is 58.0 Å². The van der Waals surface area contributed by atoms with Gasteiger partial charge in [-0.2, -0.15) is 0 Å². The van der Waals surface area contributed by atoms with E-state index in [1.165, 1.54) is 0 Å². The van der Waals surface area contributed by atoms with Crippen LogP contribution >= 0.6 is 0 Å². The van der Waals surface area contributed by atoms with Gasteiger partial charge in [-0.05, 0) is 58.0 Å². The van der Waals surface area contributed by atoms with Gasteiger partial charge < -0.3 is 24.0 Å². The van der Waals surface area contributed by atoms with Crippen molar-refractivity contribution in [1.29, 1.82) is 0 Å². The summed E-state index contributed by atoms with van der Waals surface area (Å²) >= 11 is 0. The Morgan fingerprint density at radius 3 is 2.46 bits per heavy atom. The zero-order valence-corrected chi connectivity index (χ0v) is 20.1. The Morgan fingerprint density at radius 2 is 1.83 bits per heavy atom. The topological polar surface area (TPSA) is 81.0 Å². The van der Waals surface area contributed by atoms with Crippen LogP contribution < -0.4 is 0 Å². The largest absolute Gasteiger partial charge is 0.478 e. The molecule has 186 valence electrons. The molecule has 0 bridgehead atoms. The summed E-state index contributed by atoms with van der Waals surface area (Å²) in [4.78, 5) is 25.4. The molecule has 0 unspecified atom stereocenters. The lowest BCUT2D eigenvalue weighted by Crippen LogP contribution is -2.48. The third-order valence-electron chi connectivity index (χ3n) is 5.78. The summed E-state index contributed by atoms with van der Waals surface area (Å²) in [7, 11) is 0. The molecular formula is C26H28F2N2O5. The molecule has 1 amide bonds. The molecule has 4 rings (SSSR count). The van der Waals surface area contributed by atoms with Gasteiger partial charge in [-0.3, -0.25) is 0 Å². The van der Waals surface area contributed by atoms with E-state index in [-0.39, 0.29) is 24.3 Å². The number of benzene rings is 2. The first-order valence-electron chi connectivity index (χ1n) is 11.3. The number of aryl methyl sites for hydroxylation is 1. The highest BCUT2D eigenvalue weighted by molar-refractivity contribution is 5.90. The van der Waals surface area contributed by atoms with Crippen molar-refractivity contribution in [1.82, 2.24) is 9.47 Å². The average molecular weight is 487 g/mol. The lowest BCUT2D eigenvalue weighted by atomic mass is 10.1. The number of hydrogen-bond donors (Lipinski definition) is 1. The van der Waals surface area contributed by atoms with Crippen LogP contribution in [0.25, 0.3) is 22.2 Å². The molecule has 1 fully saturated rings. The van der Waals surface area contributed by atoms with Crippen molar-refractivity contribution < 1.29 is 33.0 Å². The Hall–Kier alpha value is -3.46. The van der Waals surface area contributed by atoms with Gasteiger partial charge in [-0.1, -0.05) is 11.6 Å². The third-order valence-corrected chi connectivity index (χ3v) is 5.78. The molecule has 3 aromatic rings. The summed E-state index contributed by atoms with van der Waals surface area (Å²) in [6.07, 6.45) is -0.892. The molecule has 0 radical (unpaired) electrons. The van der Waals surface area contributed by atoms with E-state index in [0.717, 1.165) is 28.6 Å². The number of carbonyl (C=O) groups excluding carboxylic acids is 1. The fraction of sp³-hybridized carbons (Fsp3) is 0.385.